The second-order valence-corrected chi connectivity index (χ2v) is 5.67. The smallest absolute Gasteiger partial charge is 0.339 e. The minimum Gasteiger partial charge on any atom is -0.449 e. The molecule has 1 unspecified atom stereocenters. The number of hydrogen-bond acceptors (Lipinski definition) is 3. The van der Waals surface area contributed by atoms with Crippen LogP contribution < -0.4 is 5.32 Å². The van der Waals surface area contributed by atoms with Gasteiger partial charge in [-0.2, -0.15) is 0 Å². The van der Waals surface area contributed by atoms with Gasteiger partial charge in [-0.1, -0.05) is 35.9 Å². The van der Waals surface area contributed by atoms with Gasteiger partial charge in [0.1, 0.15) is 0 Å². The first-order chi connectivity index (χ1) is 10.9. The van der Waals surface area contributed by atoms with E-state index in [1.165, 1.54) is 0 Å². The first kappa shape index (κ1) is 16.7. The molecule has 23 heavy (non-hydrogen) atoms. The average molecular weight is 311 g/mol. The average Bonchev–Trinajstić information content (AvgIpc) is 2.49. The largest absolute Gasteiger partial charge is 0.449 e. The molecule has 1 amide bonds. The van der Waals surface area contributed by atoms with Crippen LogP contribution >= 0.6 is 0 Å². The highest BCUT2D eigenvalue weighted by Gasteiger charge is 2.20. The van der Waals surface area contributed by atoms with Crippen molar-refractivity contribution in [3.8, 4) is 0 Å². The van der Waals surface area contributed by atoms with E-state index in [0.717, 1.165) is 16.7 Å². The van der Waals surface area contributed by atoms with Gasteiger partial charge in [0.2, 0.25) is 0 Å². The van der Waals surface area contributed by atoms with E-state index < -0.39 is 12.1 Å². The van der Waals surface area contributed by atoms with Crippen molar-refractivity contribution in [2.24, 2.45) is 0 Å². The van der Waals surface area contributed by atoms with Gasteiger partial charge in [0.15, 0.2) is 6.10 Å². The van der Waals surface area contributed by atoms with Crippen molar-refractivity contribution >= 4 is 17.6 Å². The molecule has 0 aliphatic carbocycles. The molecule has 4 nitrogen and oxygen atoms in total. The number of ether oxygens (including phenoxy) is 1. The molecule has 4 heteroatoms. The van der Waals surface area contributed by atoms with Crippen LogP contribution in [-0.2, 0) is 9.53 Å². The van der Waals surface area contributed by atoms with Crippen LogP contribution in [0.1, 0.15) is 34.0 Å². The second kappa shape index (κ2) is 7.09. The number of benzene rings is 2. The van der Waals surface area contributed by atoms with E-state index in [2.05, 4.69) is 5.32 Å². The Hall–Kier alpha value is -2.62. The standard InChI is InChI=1S/C19H21NO3/c1-12-9-10-16(14(3)11-12)19(22)23-15(4)18(21)20-17-8-6-5-7-13(17)2/h5-11,15H,1-4H3,(H,20,21). The van der Waals surface area contributed by atoms with Crippen molar-refractivity contribution < 1.29 is 14.3 Å². The Labute approximate surface area is 136 Å². The number of esters is 1. The van der Waals surface area contributed by atoms with Crippen molar-refractivity contribution in [3.63, 3.8) is 0 Å². The monoisotopic (exact) mass is 311 g/mol. The van der Waals surface area contributed by atoms with Crippen LogP contribution in [0, 0.1) is 20.8 Å². The lowest BCUT2D eigenvalue weighted by molar-refractivity contribution is -0.123. The lowest BCUT2D eigenvalue weighted by atomic mass is 10.1. The lowest BCUT2D eigenvalue weighted by Crippen LogP contribution is -2.30. The van der Waals surface area contributed by atoms with Gasteiger partial charge in [-0.05, 0) is 51.0 Å². The molecule has 0 aromatic heterocycles. The fourth-order valence-corrected chi connectivity index (χ4v) is 2.27. The molecule has 1 atom stereocenters. The summed E-state index contributed by atoms with van der Waals surface area (Å²) < 4.78 is 5.28. The summed E-state index contributed by atoms with van der Waals surface area (Å²) in [7, 11) is 0. The van der Waals surface area contributed by atoms with Crippen LogP contribution in [0.4, 0.5) is 5.69 Å². The molecular weight excluding hydrogens is 290 g/mol. The summed E-state index contributed by atoms with van der Waals surface area (Å²) in [6.07, 6.45) is -0.872. The summed E-state index contributed by atoms with van der Waals surface area (Å²) in [5, 5.41) is 2.77. The van der Waals surface area contributed by atoms with Crippen molar-refractivity contribution in [2.75, 3.05) is 5.32 Å². The summed E-state index contributed by atoms with van der Waals surface area (Å²) in [4.78, 5) is 24.4. The lowest BCUT2D eigenvalue weighted by Gasteiger charge is -2.15. The summed E-state index contributed by atoms with van der Waals surface area (Å²) in [6.45, 7) is 7.28. The molecule has 0 spiro atoms. The van der Waals surface area contributed by atoms with Gasteiger partial charge in [0.05, 0.1) is 5.56 Å². The van der Waals surface area contributed by atoms with Gasteiger partial charge in [-0.25, -0.2) is 4.79 Å². The van der Waals surface area contributed by atoms with Crippen LogP contribution in [0.25, 0.3) is 0 Å². The minimum atomic E-state index is -0.872. The molecule has 0 saturated carbocycles. The summed E-state index contributed by atoms with van der Waals surface area (Å²) in [5.74, 6) is -0.840. The number of carbonyl (C=O) groups excluding carboxylic acids is 2. The first-order valence-corrected chi connectivity index (χ1v) is 7.53. The Bertz CT molecular complexity index is 737. The second-order valence-electron chi connectivity index (χ2n) is 5.67. The Morgan fingerprint density at radius 3 is 2.35 bits per heavy atom. The van der Waals surface area contributed by atoms with E-state index in [0.29, 0.717) is 11.3 Å². The quantitative estimate of drug-likeness (QED) is 0.874. The van der Waals surface area contributed by atoms with Gasteiger partial charge in [0, 0.05) is 5.69 Å². The Balaban J connectivity index is 2.03. The van der Waals surface area contributed by atoms with Crippen LogP contribution in [0.3, 0.4) is 0 Å². The molecule has 0 bridgehead atoms. The Kier molecular flexibility index (Phi) is 5.16. The fourth-order valence-electron chi connectivity index (χ4n) is 2.27. The van der Waals surface area contributed by atoms with E-state index in [-0.39, 0.29) is 5.91 Å². The molecule has 120 valence electrons. The SMILES string of the molecule is Cc1ccc(C(=O)OC(C)C(=O)Nc2ccccc2C)c(C)c1. The van der Waals surface area contributed by atoms with Gasteiger partial charge < -0.3 is 10.1 Å². The third-order valence-electron chi connectivity index (χ3n) is 3.66. The zero-order chi connectivity index (χ0) is 17.0. The Morgan fingerprint density at radius 1 is 1.00 bits per heavy atom. The number of rotatable bonds is 4. The third kappa shape index (κ3) is 4.19. The van der Waals surface area contributed by atoms with Crippen molar-refractivity contribution in [1.29, 1.82) is 0 Å². The predicted octanol–water partition coefficient (Wildman–Crippen LogP) is 3.80. The molecule has 0 radical (unpaired) electrons. The first-order valence-electron chi connectivity index (χ1n) is 7.53. The molecule has 0 saturated heterocycles. The van der Waals surface area contributed by atoms with E-state index in [9.17, 15) is 9.59 Å². The molecule has 1 N–H and O–H groups in total. The number of carbonyl (C=O) groups is 2. The van der Waals surface area contributed by atoms with E-state index in [4.69, 9.17) is 4.74 Å². The predicted molar refractivity (Wildman–Crippen MR) is 90.6 cm³/mol. The van der Waals surface area contributed by atoms with Crippen molar-refractivity contribution in [3.05, 3.63) is 64.7 Å². The van der Waals surface area contributed by atoms with Gasteiger partial charge in [0.25, 0.3) is 5.91 Å². The Morgan fingerprint density at radius 2 is 1.70 bits per heavy atom. The van der Waals surface area contributed by atoms with Crippen molar-refractivity contribution in [2.45, 2.75) is 33.8 Å². The van der Waals surface area contributed by atoms with Gasteiger partial charge >= 0.3 is 5.97 Å². The number of nitrogens with one attached hydrogen (secondary N) is 1. The molecule has 2 aromatic rings. The van der Waals surface area contributed by atoms with Gasteiger partial charge in [-0.3, -0.25) is 4.79 Å². The summed E-state index contributed by atoms with van der Waals surface area (Å²) in [5.41, 5.74) is 4.05. The number of hydrogen-bond donors (Lipinski definition) is 1. The topological polar surface area (TPSA) is 55.4 Å². The highest BCUT2D eigenvalue weighted by Crippen LogP contribution is 2.15. The summed E-state index contributed by atoms with van der Waals surface area (Å²) in [6, 6.07) is 12.9. The van der Waals surface area contributed by atoms with E-state index in [1.807, 2.05) is 57.2 Å². The molecule has 0 aliphatic heterocycles. The zero-order valence-electron chi connectivity index (χ0n) is 13.8. The fraction of sp³-hybridized carbons (Fsp3) is 0.263. The van der Waals surface area contributed by atoms with Crippen LogP contribution in [0.5, 0.6) is 0 Å². The molecule has 0 fully saturated rings. The van der Waals surface area contributed by atoms with Gasteiger partial charge in [-0.15, -0.1) is 0 Å². The van der Waals surface area contributed by atoms with Crippen LogP contribution in [0.15, 0.2) is 42.5 Å². The molecule has 0 heterocycles. The zero-order valence-corrected chi connectivity index (χ0v) is 13.8. The maximum atomic E-state index is 12.2. The number of aryl methyl sites for hydroxylation is 3. The molecular formula is C19H21NO3. The molecule has 2 rings (SSSR count). The number of para-hydroxylation sites is 1. The normalized spacial score (nSPS) is 11.7. The van der Waals surface area contributed by atoms with Crippen LogP contribution in [0.2, 0.25) is 0 Å². The van der Waals surface area contributed by atoms with Crippen molar-refractivity contribution in [1.82, 2.24) is 0 Å². The molecule has 2 aromatic carbocycles. The van der Waals surface area contributed by atoms with Crippen LogP contribution in [-0.4, -0.2) is 18.0 Å². The highest BCUT2D eigenvalue weighted by molar-refractivity contribution is 5.98. The van der Waals surface area contributed by atoms with E-state index in [1.54, 1.807) is 13.0 Å². The third-order valence-corrected chi connectivity index (χ3v) is 3.66. The molecule has 0 aliphatic rings. The maximum Gasteiger partial charge on any atom is 0.339 e. The van der Waals surface area contributed by atoms with E-state index >= 15 is 0 Å². The highest BCUT2D eigenvalue weighted by atomic mass is 16.5. The number of anilines is 1. The number of amides is 1. The summed E-state index contributed by atoms with van der Waals surface area (Å²) >= 11 is 0. The minimum absolute atomic E-state index is 0.350. The maximum absolute atomic E-state index is 12.2.